The second-order valence-corrected chi connectivity index (χ2v) is 9.09. The van der Waals surface area contributed by atoms with Crippen LogP contribution in [0.1, 0.15) is 46.1 Å². The van der Waals surface area contributed by atoms with E-state index >= 15 is 0 Å². The first kappa shape index (κ1) is 16.5. The van der Waals surface area contributed by atoms with Crippen molar-refractivity contribution in [2.75, 3.05) is 6.61 Å². The van der Waals surface area contributed by atoms with E-state index in [-0.39, 0.29) is 30.3 Å². The fraction of sp³-hybridized carbons (Fsp3) is 0.269. The maximum Gasteiger partial charge on any atom is 0.252 e. The summed E-state index contributed by atoms with van der Waals surface area (Å²) >= 11 is 0. The molecule has 4 aliphatic rings. The molecule has 8 rings (SSSR count). The predicted octanol–water partition coefficient (Wildman–Crippen LogP) is 4.47. The third kappa shape index (κ3) is 1.77. The molecule has 0 radical (unpaired) electrons. The zero-order valence-corrected chi connectivity index (χ0v) is 17.0. The molecule has 1 aliphatic carbocycles. The number of nitrogens with one attached hydrogen (secondary N) is 1. The Bertz CT molecular complexity index is 1480. The van der Waals surface area contributed by atoms with E-state index in [1.807, 2.05) is 0 Å². The third-order valence-electron chi connectivity index (χ3n) is 7.71. The van der Waals surface area contributed by atoms with E-state index in [9.17, 15) is 4.79 Å². The molecule has 2 bridgehead atoms. The first-order valence-electron chi connectivity index (χ1n) is 11.0. The van der Waals surface area contributed by atoms with Crippen LogP contribution in [0.25, 0.3) is 32.9 Å². The summed E-state index contributed by atoms with van der Waals surface area (Å²) in [6, 6.07) is 17.0. The Kier molecular flexibility index (Phi) is 2.86. The SMILES string of the molecule is CC1OCC2OC1C1c3ccccc3-c3c4c(c5c6ccccc6n2c5c31)CNC4=O. The number of para-hydroxylation sites is 1. The van der Waals surface area contributed by atoms with Crippen molar-refractivity contribution in [3.05, 3.63) is 70.8 Å². The average molecular weight is 408 g/mol. The standard InChI is InChI=1S/C26H20N2O3/c1-12-25-21-14-7-3-2-6-13(14)20-22-16(10-27-26(22)29)19-15-8-4-5-9-17(15)28(24(19)23(20)21)18(31-25)11-30-12/h2-9,12,18,21,25H,10-11H2,1H3,(H,27,29). The molecule has 5 nitrogen and oxygen atoms in total. The molecule has 1 aromatic heterocycles. The van der Waals surface area contributed by atoms with Gasteiger partial charge in [0, 0.05) is 28.8 Å². The lowest BCUT2D eigenvalue weighted by molar-refractivity contribution is -0.199. The molecule has 0 spiro atoms. The Balaban J connectivity index is 1.68. The minimum atomic E-state index is -0.173. The minimum Gasteiger partial charge on any atom is -0.371 e. The van der Waals surface area contributed by atoms with E-state index in [0.29, 0.717) is 13.2 Å². The second-order valence-electron chi connectivity index (χ2n) is 9.09. The van der Waals surface area contributed by atoms with Crippen LogP contribution >= 0.6 is 0 Å². The van der Waals surface area contributed by atoms with Crippen molar-refractivity contribution in [2.45, 2.75) is 37.8 Å². The van der Waals surface area contributed by atoms with Crippen molar-refractivity contribution >= 4 is 27.7 Å². The van der Waals surface area contributed by atoms with E-state index in [1.165, 1.54) is 27.4 Å². The molecular weight excluding hydrogens is 388 g/mol. The first-order valence-corrected chi connectivity index (χ1v) is 11.0. The fourth-order valence-corrected chi connectivity index (χ4v) is 6.57. The Morgan fingerprint density at radius 1 is 1.06 bits per heavy atom. The summed E-state index contributed by atoms with van der Waals surface area (Å²) in [5, 5.41) is 5.50. The van der Waals surface area contributed by atoms with Crippen LogP contribution in [0.5, 0.6) is 0 Å². The van der Waals surface area contributed by atoms with Gasteiger partial charge in [0.15, 0.2) is 6.23 Å². The van der Waals surface area contributed by atoms with Gasteiger partial charge in [-0.15, -0.1) is 0 Å². The van der Waals surface area contributed by atoms with Crippen molar-refractivity contribution in [3.63, 3.8) is 0 Å². The van der Waals surface area contributed by atoms with Gasteiger partial charge >= 0.3 is 0 Å². The van der Waals surface area contributed by atoms with Crippen molar-refractivity contribution in [3.8, 4) is 11.1 Å². The number of benzene rings is 3. The van der Waals surface area contributed by atoms with E-state index in [2.05, 4.69) is 65.3 Å². The summed E-state index contributed by atoms with van der Waals surface area (Å²) in [4.78, 5) is 13.2. The highest BCUT2D eigenvalue weighted by Gasteiger charge is 2.49. The highest BCUT2D eigenvalue weighted by Crippen LogP contribution is 2.58. The van der Waals surface area contributed by atoms with Crippen LogP contribution < -0.4 is 5.32 Å². The minimum absolute atomic E-state index is 0.0201. The molecule has 4 heterocycles. The van der Waals surface area contributed by atoms with Gasteiger partial charge in [-0.2, -0.15) is 0 Å². The number of hydrogen-bond acceptors (Lipinski definition) is 3. The van der Waals surface area contributed by atoms with Crippen LogP contribution in [-0.2, 0) is 16.0 Å². The van der Waals surface area contributed by atoms with Crippen LogP contribution in [0.3, 0.4) is 0 Å². The smallest absolute Gasteiger partial charge is 0.252 e. The van der Waals surface area contributed by atoms with Crippen LogP contribution in [0, 0.1) is 0 Å². The quantitative estimate of drug-likeness (QED) is 0.467. The van der Waals surface area contributed by atoms with Crippen LogP contribution in [-0.4, -0.2) is 29.3 Å². The number of hydrogen-bond donors (Lipinski definition) is 1. The summed E-state index contributed by atoms with van der Waals surface area (Å²) in [5.74, 6) is 0.0867. The number of aromatic nitrogens is 1. The molecule has 152 valence electrons. The number of rotatable bonds is 0. The number of carbonyl (C=O) groups excluding carboxylic acids is 1. The topological polar surface area (TPSA) is 52.5 Å². The molecule has 1 N–H and O–H groups in total. The number of amides is 1. The monoisotopic (exact) mass is 408 g/mol. The molecule has 4 unspecified atom stereocenters. The van der Waals surface area contributed by atoms with E-state index < -0.39 is 0 Å². The highest BCUT2D eigenvalue weighted by molar-refractivity contribution is 6.20. The van der Waals surface area contributed by atoms with E-state index in [1.54, 1.807) is 0 Å². The number of fused-ring (bicyclic) bond motifs is 13. The lowest BCUT2D eigenvalue weighted by Gasteiger charge is -2.37. The van der Waals surface area contributed by atoms with Gasteiger partial charge in [0.2, 0.25) is 0 Å². The molecule has 0 saturated carbocycles. The Morgan fingerprint density at radius 3 is 2.84 bits per heavy atom. The van der Waals surface area contributed by atoms with Crippen LogP contribution in [0.4, 0.5) is 0 Å². The molecule has 31 heavy (non-hydrogen) atoms. The lowest BCUT2D eigenvalue weighted by atomic mass is 9.85. The summed E-state index contributed by atoms with van der Waals surface area (Å²) in [6.45, 7) is 3.21. The van der Waals surface area contributed by atoms with Crippen molar-refractivity contribution in [1.29, 1.82) is 0 Å². The van der Waals surface area contributed by atoms with Gasteiger partial charge < -0.3 is 19.4 Å². The Labute approximate surface area is 178 Å². The van der Waals surface area contributed by atoms with Gasteiger partial charge in [-0.3, -0.25) is 4.79 Å². The van der Waals surface area contributed by atoms with Gasteiger partial charge in [0.1, 0.15) is 0 Å². The average Bonchev–Trinajstić information content (AvgIpc) is 3.41. The first-order chi connectivity index (χ1) is 15.2. The fourth-order valence-electron chi connectivity index (χ4n) is 6.57. The Hall–Kier alpha value is -3.15. The van der Waals surface area contributed by atoms with Gasteiger partial charge in [0.25, 0.3) is 5.91 Å². The molecule has 4 aromatic rings. The molecule has 3 aromatic carbocycles. The molecule has 3 aliphatic heterocycles. The van der Waals surface area contributed by atoms with Gasteiger partial charge in [-0.25, -0.2) is 0 Å². The van der Waals surface area contributed by atoms with E-state index in [4.69, 9.17) is 9.47 Å². The summed E-state index contributed by atoms with van der Waals surface area (Å²) in [7, 11) is 0. The molecule has 5 heteroatoms. The van der Waals surface area contributed by atoms with Gasteiger partial charge in [-0.05, 0) is 35.2 Å². The van der Waals surface area contributed by atoms with Crippen LogP contribution in [0.2, 0.25) is 0 Å². The number of carbonyl (C=O) groups is 1. The number of nitrogens with zero attached hydrogens (tertiary/aromatic N) is 1. The third-order valence-corrected chi connectivity index (χ3v) is 7.71. The zero-order chi connectivity index (χ0) is 20.4. The number of ether oxygens (including phenoxy) is 2. The summed E-state index contributed by atoms with van der Waals surface area (Å²) in [5.41, 5.74) is 9.09. The summed E-state index contributed by atoms with van der Waals surface area (Å²) < 4.78 is 15.4. The molecule has 1 fully saturated rings. The normalized spacial score (nSPS) is 27.3. The highest BCUT2D eigenvalue weighted by atomic mass is 16.6. The summed E-state index contributed by atoms with van der Waals surface area (Å²) in [6.07, 6.45) is -0.285. The largest absolute Gasteiger partial charge is 0.371 e. The van der Waals surface area contributed by atoms with Crippen molar-refractivity contribution < 1.29 is 14.3 Å². The lowest BCUT2D eigenvalue weighted by Crippen LogP contribution is -2.42. The molecule has 4 atom stereocenters. The van der Waals surface area contributed by atoms with Crippen molar-refractivity contribution in [1.82, 2.24) is 9.88 Å². The van der Waals surface area contributed by atoms with Gasteiger partial charge in [-0.1, -0.05) is 42.5 Å². The molecule has 1 saturated heterocycles. The van der Waals surface area contributed by atoms with Crippen LogP contribution in [0.15, 0.2) is 48.5 Å². The second kappa shape index (κ2) is 5.36. The maximum atomic E-state index is 13.2. The zero-order valence-electron chi connectivity index (χ0n) is 17.0. The van der Waals surface area contributed by atoms with Crippen molar-refractivity contribution in [2.24, 2.45) is 0 Å². The predicted molar refractivity (Wildman–Crippen MR) is 117 cm³/mol. The molecule has 1 amide bonds. The maximum absolute atomic E-state index is 13.2. The van der Waals surface area contributed by atoms with E-state index in [0.717, 1.165) is 27.8 Å². The molecular formula is C26H20N2O3. The van der Waals surface area contributed by atoms with Gasteiger partial charge in [0.05, 0.1) is 35.4 Å². The Morgan fingerprint density at radius 2 is 1.90 bits per heavy atom.